The van der Waals surface area contributed by atoms with Gasteiger partial charge in [0.2, 0.25) is 0 Å². The van der Waals surface area contributed by atoms with Gasteiger partial charge in [-0.3, -0.25) is 0 Å². The molecule has 1 aromatic carbocycles. The Morgan fingerprint density at radius 1 is 1.31 bits per heavy atom. The van der Waals surface area contributed by atoms with Gasteiger partial charge in [0, 0.05) is 0 Å². The summed E-state index contributed by atoms with van der Waals surface area (Å²) >= 11 is 9.38. The summed E-state index contributed by atoms with van der Waals surface area (Å²) in [7, 11) is 0. The van der Waals surface area contributed by atoms with E-state index in [0.29, 0.717) is 5.69 Å². The average Bonchev–Trinajstić information content (AvgIpc) is 1.96. The summed E-state index contributed by atoms with van der Waals surface area (Å²) in [6, 6.07) is 3.00. The molecule has 0 aliphatic heterocycles. The second kappa shape index (κ2) is 5.90. The van der Waals surface area contributed by atoms with Gasteiger partial charge in [0.05, 0.1) is 0 Å². The number of nitrogen functional groups attached to an aromatic ring is 1. The molecule has 13 heavy (non-hydrogen) atoms. The van der Waals surface area contributed by atoms with E-state index < -0.39 is 21.5 Å². The topological polar surface area (TPSA) is 52.3 Å². The van der Waals surface area contributed by atoms with Gasteiger partial charge in [-0.1, -0.05) is 0 Å². The Kier molecular flexibility index (Phi) is 6.03. The van der Waals surface area contributed by atoms with Gasteiger partial charge in [0.1, 0.15) is 0 Å². The first-order valence-electron chi connectivity index (χ1n) is 2.93. The molecule has 71 valence electrons. The third-order valence-corrected chi connectivity index (χ3v) is 2.55. The predicted octanol–water partition coefficient (Wildman–Crippen LogP) is 2.34. The molecule has 0 aliphatic carbocycles. The zero-order valence-electron chi connectivity index (χ0n) is 6.21. The maximum atomic E-state index is 10.3. The van der Waals surface area contributed by atoms with E-state index in [1.807, 2.05) is 0 Å². The van der Waals surface area contributed by atoms with E-state index in [4.69, 9.17) is 32.0 Å². The van der Waals surface area contributed by atoms with Gasteiger partial charge in [-0.25, -0.2) is 0 Å². The predicted molar refractivity (Wildman–Crippen MR) is 55.2 cm³/mol. The zero-order valence-corrected chi connectivity index (χ0v) is 11.4. The van der Waals surface area contributed by atoms with E-state index in [-0.39, 0.29) is 28.2 Å². The van der Waals surface area contributed by atoms with Gasteiger partial charge < -0.3 is 0 Å². The number of hydrogen-bond acceptors (Lipinski definition) is 3. The van der Waals surface area contributed by atoms with Crippen LogP contribution < -0.4 is 8.81 Å². The van der Waals surface area contributed by atoms with Crippen LogP contribution in [0.4, 0.5) is 5.69 Å². The van der Waals surface area contributed by atoms with Crippen LogP contribution in [0.2, 0.25) is 10.0 Å². The fourth-order valence-electron chi connectivity index (χ4n) is 0.719. The van der Waals surface area contributed by atoms with Crippen molar-refractivity contribution in [2.24, 2.45) is 0 Å². The Labute approximate surface area is 102 Å². The SMILES string of the molecule is Cl.Nc1cc(Cl)c([O][Sn]=[O])c(Cl)c1. The number of hydrogen-bond donors (Lipinski definition) is 1. The summed E-state index contributed by atoms with van der Waals surface area (Å²) in [5.74, 6) is 0.258. The van der Waals surface area contributed by atoms with Crippen molar-refractivity contribution in [2.45, 2.75) is 0 Å². The number of benzene rings is 1. The van der Waals surface area contributed by atoms with Crippen LogP contribution in [0.25, 0.3) is 0 Å². The van der Waals surface area contributed by atoms with Crippen LogP contribution in [-0.2, 0) is 3.08 Å². The molecule has 0 bridgehead atoms. The molecular formula is C6H5Cl3NO2Sn. The number of nitrogens with two attached hydrogens (primary N) is 1. The fraction of sp³-hybridized carbons (Fsp3) is 0. The molecular weight excluding hydrogens is 343 g/mol. The normalized spacial score (nSPS) is 8.77. The number of halogens is 3. The van der Waals surface area contributed by atoms with Crippen molar-refractivity contribution >= 4 is 62.8 Å². The quantitative estimate of drug-likeness (QED) is 0.659. The fourth-order valence-corrected chi connectivity index (χ4v) is 2.53. The van der Waals surface area contributed by atoms with E-state index in [1.165, 1.54) is 12.1 Å². The van der Waals surface area contributed by atoms with Gasteiger partial charge in [-0.05, 0) is 0 Å². The van der Waals surface area contributed by atoms with Crippen molar-refractivity contribution in [2.75, 3.05) is 5.73 Å². The van der Waals surface area contributed by atoms with Crippen molar-refractivity contribution in [3.05, 3.63) is 22.2 Å². The van der Waals surface area contributed by atoms with Gasteiger partial charge in [0.15, 0.2) is 0 Å². The molecule has 0 aromatic heterocycles. The second-order valence-electron chi connectivity index (χ2n) is 2.00. The minimum atomic E-state index is -2.04. The van der Waals surface area contributed by atoms with Crippen LogP contribution >= 0.6 is 35.6 Å². The Bertz CT molecular complexity index is 298. The summed E-state index contributed by atoms with van der Waals surface area (Å²) < 4.78 is 15.1. The summed E-state index contributed by atoms with van der Waals surface area (Å²) in [5, 5.41) is 0.577. The molecule has 1 radical (unpaired) electrons. The van der Waals surface area contributed by atoms with Crippen molar-refractivity contribution in [3.63, 3.8) is 0 Å². The van der Waals surface area contributed by atoms with Gasteiger partial charge >= 0.3 is 90.2 Å². The number of anilines is 1. The van der Waals surface area contributed by atoms with E-state index in [1.54, 1.807) is 0 Å². The van der Waals surface area contributed by atoms with Crippen LogP contribution in [0.3, 0.4) is 0 Å². The van der Waals surface area contributed by atoms with Gasteiger partial charge in [-0.15, -0.1) is 12.4 Å². The molecule has 0 unspecified atom stereocenters. The zero-order chi connectivity index (χ0) is 9.14. The van der Waals surface area contributed by atoms with E-state index in [9.17, 15) is 3.08 Å². The van der Waals surface area contributed by atoms with Crippen LogP contribution in [0.1, 0.15) is 0 Å². The Balaban J connectivity index is 0.00000144. The molecule has 0 fully saturated rings. The average molecular weight is 348 g/mol. The first-order chi connectivity index (χ1) is 5.65. The van der Waals surface area contributed by atoms with Crippen molar-refractivity contribution in [3.8, 4) is 5.75 Å². The monoisotopic (exact) mass is 348 g/mol. The summed E-state index contributed by atoms with van der Waals surface area (Å²) in [6.07, 6.45) is 0. The van der Waals surface area contributed by atoms with E-state index in [2.05, 4.69) is 0 Å². The first-order valence-corrected chi connectivity index (χ1v) is 6.02. The molecule has 0 atom stereocenters. The summed E-state index contributed by atoms with van der Waals surface area (Å²) in [6.45, 7) is 0. The molecule has 1 rings (SSSR count). The molecule has 0 spiro atoms. The molecule has 7 heteroatoms. The molecule has 0 aliphatic rings. The van der Waals surface area contributed by atoms with E-state index >= 15 is 0 Å². The van der Waals surface area contributed by atoms with Crippen molar-refractivity contribution < 1.29 is 6.15 Å². The summed E-state index contributed by atoms with van der Waals surface area (Å²) in [5.41, 5.74) is 5.89. The van der Waals surface area contributed by atoms with Crippen molar-refractivity contribution in [1.82, 2.24) is 0 Å². The van der Waals surface area contributed by atoms with Gasteiger partial charge in [0.25, 0.3) is 0 Å². The second-order valence-corrected chi connectivity index (χ2v) is 3.87. The first kappa shape index (κ1) is 13.3. The van der Waals surface area contributed by atoms with Crippen LogP contribution in [0.5, 0.6) is 5.75 Å². The van der Waals surface area contributed by atoms with Crippen molar-refractivity contribution in [1.29, 1.82) is 0 Å². The number of rotatable bonds is 2. The third kappa shape index (κ3) is 3.50. The van der Waals surface area contributed by atoms with Crippen LogP contribution in [-0.4, -0.2) is 21.5 Å². The molecule has 0 amide bonds. The maximum absolute atomic E-state index is 10.3. The van der Waals surface area contributed by atoms with Gasteiger partial charge in [-0.2, -0.15) is 0 Å². The van der Waals surface area contributed by atoms with Crippen LogP contribution in [0.15, 0.2) is 12.1 Å². The molecule has 2 N–H and O–H groups in total. The molecule has 0 heterocycles. The Morgan fingerprint density at radius 3 is 2.15 bits per heavy atom. The molecule has 1 aromatic rings. The molecule has 0 saturated carbocycles. The summed E-state index contributed by atoms with van der Waals surface area (Å²) in [4.78, 5) is 0. The Hall–Kier alpha value is 0.289. The molecule has 0 saturated heterocycles. The minimum absolute atomic E-state index is 0. The van der Waals surface area contributed by atoms with E-state index in [0.717, 1.165) is 0 Å². The van der Waals surface area contributed by atoms with Crippen LogP contribution in [0, 0.1) is 0 Å². The third-order valence-electron chi connectivity index (χ3n) is 1.16. The molecule has 3 nitrogen and oxygen atoms in total. The Morgan fingerprint density at radius 2 is 1.77 bits per heavy atom. The standard InChI is InChI=1S/C6H5Cl2NO.ClH.O.Sn/c7-4-1-3(9)2-5(8)6(4)10;;;/h1-2,10H,9H2;1H;;/q;;;+1/p-1.